The van der Waals surface area contributed by atoms with E-state index in [-0.39, 0.29) is 12.3 Å². The van der Waals surface area contributed by atoms with Gasteiger partial charge in [-0.3, -0.25) is 15.6 Å². The van der Waals surface area contributed by atoms with Crippen LogP contribution in [0.4, 0.5) is 4.39 Å². The minimum atomic E-state index is -0.406. The van der Waals surface area contributed by atoms with Crippen molar-refractivity contribution in [3.63, 3.8) is 0 Å². The second-order valence-corrected chi connectivity index (χ2v) is 5.92. The van der Waals surface area contributed by atoms with Crippen molar-refractivity contribution in [1.29, 1.82) is 0 Å². The van der Waals surface area contributed by atoms with Gasteiger partial charge < -0.3 is 5.32 Å². The number of amides is 1. The summed E-state index contributed by atoms with van der Waals surface area (Å²) in [6.45, 7) is 0.608. The molecule has 2 aromatic carbocycles. The molecule has 0 spiro atoms. The fraction of sp³-hybridized carbons (Fsp3) is 0.176. The lowest BCUT2D eigenvalue weighted by atomic mass is 10.1. The van der Waals surface area contributed by atoms with Crippen LogP contribution in [0.1, 0.15) is 11.1 Å². The molecule has 0 aromatic heterocycles. The molecule has 0 aliphatic carbocycles. The maximum atomic E-state index is 13.5. The van der Waals surface area contributed by atoms with Gasteiger partial charge >= 0.3 is 0 Å². The maximum absolute atomic E-state index is 13.5. The Labute approximate surface area is 150 Å². The second kappa shape index (κ2) is 9.20. The molecule has 1 amide bonds. The predicted octanol–water partition coefficient (Wildman–Crippen LogP) is 2.76. The van der Waals surface area contributed by atoms with Crippen molar-refractivity contribution in [1.82, 2.24) is 16.2 Å². The standard InChI is InChI=1S/C17H17ClFN3OS/c18-14-7-5-12(6-8-14)9-10-20-17(24)22-21-16(23)11-13-3-1-2-4-15(13)19/h1-8H,9-11H2,(H,21,23)(H2,20,22,24). The average molecular weight is 366 g/mol. The number of hydrazine groups is 1. The first-order chi connectivity index (χ1) is 11.5. The van der Waals surface area contributed by atoms with E-state index in [4.69, 9.17) is 23.8 Å². The molecule has 4 nitrogen and oxygen atoms in total. The third-order valence-electron chi connectivity index (χ3n) is 3.24. The van der Waals surface area contributed by atoms with E-state index in [9.17, 15) is 9.18 Å². The first-order valence-electron chi connectivity index (χ1n) is 7.35. The highest BCUT2D eigenvalue weighted by molar-refractivity contribution is 7.80. The molecule has 0 saturated heterocycles. The number of nitrogens with one attached hydrogen (secondary N) is 3. The summed E-state index contributed by atoms with van der Waals surface area (Å²) in [7, 11) is 0. The molecule has 7 heteroatoms. The number of hydrogen-bond donors (Lipinski definition) is 3. The van der Waals surface area contributed by atoms with Gasteiger partial charge in [-0.2, -0.15) is 0 Å². The van der Waals surface area contributed by atoms with Gasteiger partial charge in [0.2, 0.25) is 5.91 Å². The molecule has 3 N–H and O–H groups in total. The molecule has 2 rings (SSSR count). The first kappa shape index (κ1) is 18.2. The number of rotatable bonds is 5. The molecule has 24 heavy (non-hydrogen) atoms. The van der Waals surface area contributed by atoms with Gasteiger partial charge in [0.25, 0.3) is 0 Å². The summed E-state index contributed by atoms with van der Waals surface area (Å²) in [5, 5.41) is 3.97. The Bertz CT molecular complexity index is 709. The van der Waals surface area contributed by atoms with Crippen LogP contribution in [-0.2, 0) is 17.6 Å². The van der Waals surface area contributed by atoms with Gasteiger partial charge in [-0.25, -0.2) is 4.39 Å². The molecule has 0 aliphatic rings. The number of carbonyl (C=O) groups excluding carboxylic acids is 1. The van der Waals surface area contributed by atoms with Crippen LogP contribution in [0, 0.1) is 5.82 Å². The average Bonchev–Trinajstić information content (AvgIpc) is 2.57. The highest BCUT2D eigenvalue weighted by Gasteiger charge is 2.07. The summed E-state index contributed by atoms with van der Waals surface area (Å²) >= 11 is 10.9. The van der Waals surface area contributed by atoms with Crippen molar-refractivity contribution in [2.24, 2.45) is 0 Å². The Balaban J connectivity index is 1.66. The SMILES string of the molecule is O=C(Cc1ccccc1F)NNC(=S)NCCc1ccc(Cl)cc1. The molecule has 2 aromatic rings. The third kappa shape index (κ3) is 6.14. The van der Waals surface area contributed by atoms with Gasteiger partial charge in [-0.15, -0.1) is 0 Å². The first-order valence-corrected chi connectivity index (χ1v) is 8.14. The van der Waals surface area contributed by atoms with Gasteiger partial charge in [-0.05, 0) is 48.0 Å². The summed E-state index contributed by atoms with van der Waals surface area (Å²) < 4.78 is 13.5. The lowest BCUT2D eigenvalue weighted by molar-refractivity contribution is -0.121. The highest BCUT2D eigenvalue weighted by atomic mass is 35.5. The minimum Gasteiger partial charge on any atom is -0.361 e. The molecule has 0 bridgehead atoms. The van der Waals surface area contributed by atoms with E-state index < -0.39 is 5.82 Å². The molecular weight excluding hydrogens is 349 g/mol. The van der Waals surface area contributed by atoms with Crippen molar-refractivity contribution in [2.45, 2.75) is 12.8 Å². The zero-order chi connectivity index (χ0) is 17.4. The lowest BCUT2D eigenvalue weighted by Crippen LogP contribution is -2.47. The van der Waals surface area contributed by atoms with Crippen molar-refractivity contribution in [2.75, 3.05) is 6.54 Å². The molecule has 0 fully saturated rings. The molecule has 0 atom stereocenters. The Kier molecular flexibility index (Phi) is 6.96. The smallest absolute Gasteiger partial charge is 0.242 e. The Hall–Kier alpha value is -2.18. The van der Waals surface area contributed by atoms with Crippen molar-refractivity contribution < 1.29 is 9.18 Å². The van der Waals surface area contributed by atoms with Crippen LogP contribution in [0.2, 0.25) is 5.02 Å². The van der Waals surface area contributed by atoms with Gasteiger partial charge in [0.15, 0.2) is 5.11 Å². The number of thiocarbonyl (C=S) groups is 1. The van der Waals surface area contributed by atoms with E-state index in [0.29, 0.717) is 22.2 Å². The van der Waals surface area contributed by atoms with Gasteiger partial charge in [0, 0.05) is 11.6 Å². The van der Waals surface area contributed by atoms with Crippen molar-refractivity contribution in [3.8, 4) is 0 Å². The fourth-order valence-corrected chi connectivity index (χ4v) is 2.28. The van der Waals surface area contributed by atoms with Crippen LogP contribution in [-0.4, -0.2) is 17.6 Å². The summed E-state index contributed by atoms with van der Waals surface area (Å²) in [4.78, 5) is 11.8. The molecule has 0 radical (unpaired) electrons. The zero-order valence-electron chi connectivity index (χ0n) is 12.8. The normalized spacial score (nSPS) is 10.1. The topological polar surface area (TPSA) is 53.2 Å². The van der Waals surface area contributed by atoms with Crippen LogP contribution < -0.4 is 16.2 Å². The van der Waals surface area contributed by atoms with E-state index >= 15 is 0 Å². The van der Waals surface area contributed by atoms with E-state index in [1.165, 1.54) is 6.07 Å². The van der Waals surface area contributed by atoms with Gasteiger partial charge in [-0.1, -0.05) is 41.9 Å². The van der Waals surface area contributed by atoms with Crippen molar-refractivity contribution >= 4 is 34.8 Å². The summed E-state index contributed by atoms with van der Waals surface area (Å²) in [5.41, 5.74) is 6.49. The van der Waals surface area contributed by atoms with E-state index in [1.54, 1.807) is 18.2 Å². The lowest BCUT2D eigenvalue weighted by Gasteiger charge is -2.12. The summed E-state index contributed by atoms with van der Waals surface area (Å²) in [6, 6.07) is 13.7. The molecule has 0 heterocycles. The fourth-order valence-electron chi connectivity index (χ4n) is 2.00. The Morgan fingerprint density at radius 3 is 2.50 bits per heavy atom. The number of hydrogen-bond acceptors (Lipinski definition) is 2. The maximum Gasteiger partial charge on any atom is 0.242 e. The largest absolute Gasteiger partial charge is 0.361 e. The summed E-state index contributed by atoms with van der Waals surface area (Å²) in [5.74, 6) is -0.779. The van der Waals surface area contributed by atoms with Crippen LogP contribution in [0.5, 0.6) is 0 Å². The molecular formula is C17H17ClFN3OS. The van der Waals surface area contributed by atoms with E-state index in [0.717, 1.165) is 12.0 Å². The molecule has 0 saturated carbocycles. The van der Waals surface area contributed by atoms with Gasteiger partial charge in [0.05, 0.1) is 6.42 Å². The molecule has 126 valence electrons. The van der Waals surface area contributed by atoms with E-state index in [1.807, 2.05) is 24.3 Å². The molecule has 0 unspecified atom stereocenters. The summed E-state index contributed by atoms with van der Waals surface area (Å²) in [6.07, 6.45) is 0.704. The highest BCUT2D eigenvalue weighted by Crippen LogP contribution is 2.09. The van der Waals surface area contributed by atoms with Crippen LogP contribution in [0.25, 0.3) is 0 Å². The Morgan fingerprint density at radius 1 is 1.08 bits per heavy atom. The van der Waals surface area contributed by atoms with Crippen LogP contribution in [0.3, 0.4) is 0 Å². The van der Waals surface area contributed by atoms with Gasteiger partial charge in [0.1, 0.15) is 5.82 Å². The Morgan fingerprint density at radius 2 is 1.79 bits per heavy atom. The predicted molar refractivity (Wildman–Crippen MR) is 97.1 cm³/mol. The number of halogens is 2. The van der Waals surface area contributed by atoms with E-state index in [2.05, 4.69) is 16.2 Å². The molecule has 0 aliphatic heterocycles. The number of benzene rings is 2. The van der Waals surface area contributed by atoms with Crippen LogP contribution >= 0.6 is 23.8 Å². The monoisotopic (exact) mass is 365 g/mol. The third-order valence-corrected chi connectivity index (χ3v) is 3.74. The minimum absolute atomic E-state index is 0.0624. The zero-order valence-corrected chi connectivity index (χ0v) is 14.4. The number of carbonyl (C=O) groups is 1. The van der Waals surface area contributed by atoms with Crippen molar-refractivity contribution in [3.05, 3.63) is 70.5 Å². The quantitative estimate of drug-likeness (QED) is 0.563. The van der Waals surface area contributed by atoms with Crippen LogP contribution in [0.15, 0.2) is 48.5 Å². The second-order valence-electron chi connectivity index (χ2n) is 5.07.